The van der Waals surface area contributed by atoms with Crippen molar-refractivity contribution in [3.63, 3.8) is 0 Å². The zero-order chi connectivity index (χ0) is 17.0. The summed E-state index contributed by atoms with van der Waals surface area (Å²) in [5, 5.41) is 13.8. The number of hydrogen-bond donors (Lipinski definition) is 1. The van der Waals surface area contributed by atoms with E-state index >= 15 is 0 Å². The summed E-state index contributed by atoms with van der Waals surface area (Å²) in [5.41, 5.74) is 1.00. The molecule has 0 aliphatic rings. The number of nitro benzene ring substituents is 1. The highest BCUT2D eigenvalue weighted by atomic mass is 16.6. The highest BCUT2D eigenvalue weighted by molar-refractivity contribution is 6.03. The lowest BCUT2D eigenvalue weighted by molar-refractivity contribution is -0.384. The standard InChI is InChI=1S/C16H16N2O5/c1-10(8-14(19)15-7-4-11(2)23-15)17-13-6-5-12(18(20)21)9-16(13)22-3/h4-9,17H,1-3H3/b10-8+. The van der Waals surface area contributed by atoms with Gasteiger partial charge in [0, 0.05) is 17.8 Å². The molecule has 7 heteroatoms. The number of methoxy groups -OCH3 is 1. The number of carbonyl (C=O) groups excluding carboxylic acids is 1. The Morgan fingerprint density at radius 2 is 2.09 bits per heavy atom. The fraction of sp³-hybridized carbons (Fsp3) is 0.188. The number of ether oxygens (including phenoxy) is 1. The minimum absolute atomic E-state index is 0.0730. The summed E-state index contributed by atoms with van der Waals surface area (Å²) in [7, 11) is 1.42. The van der Waals surface area contributed by atoms with Gasteiger partial charge in [0.15, 0.2) is 5.76 Å². The van der Waals surface area contributed by atoms with Crippen molar-refractivity contribution >= 4 is 17.2 Å². The largest absolute Gasteiger partial charge is 0.494 e. The molecule has 2 rings (SSSR count). The first kappa shape index (κ1) is 16.3. The average molecular weight is 316 g/mol. The second kappa shape index (κ2) is 6.78. The summed E-state index contributed by atoms with van der Waals surface area (Å²) in [5.74, 6) is 0.945. The molecule has 0 aliphatic heterocycles. The molecule has 0 atom stereocenters. The fourth-order valence-corrected chi connectivity index (χ4v) is 1.98. The van der Waals surface area contributed by atoms with Crippen LogP contribution < -0.4 is 10.1 Å². The molecule has 0 spiro atoms. The normalized spacial score (nSPS) is 11.2. The Morgan fingerprint density at radius 3 is 2.65 bits per heavy atom. The van der Waals surface area contributed by atoms with Crippen LogP contribution in [0.15, 0.2) is 46.5 Å². The maximum atomic E-state index is 12.0. The molecule has 0 saturated carbocycles. The van der Waals surface area contributed by atoms with E-state index in [1.807, 2.05) is 0 Å². The summed E-state index contributed by atoms with van der Waals surface area (Å²) in [6.07, 6.45) is 1.39. The van der Waals surface area contributed by atoms with Crippen LogP contribution in [0.2, 0.25) is 0 Å². The minimum Gasteiger partial charge on any atom is -0.494 e. The fourth-order valence-electron chi connectivity index (χ4n) is 1.98. The number of anilines is 1. The summed E-state index contributed by atoms with van der Waals surface area (Å²) >= 11 is 0. The molecule has 7 nitrogen and oxygen atoms in total. The van der Waals surface area contributed by atoms with Gasteiger partial charge in [0.05, 0.1) is 23.8 Å². The van der Waals surface area contributed by atoms with Crippen molar-refractivity contribution in [3.05, 3.63) is 63.7 Å². The van der Waals surface area contributed by atoms with Crippen molar-refractivity contribution in [2.75, 3.05) is 12.4 Å². The van der Waals surface area contributed by atoms with E-state index in [-0.39, 0.29) is 17.2 Å². The van der Waals surface area contributed by atoms with Gasteiger partial charge in [-0.05, 0) is 32.0 Å². The lowest BCUT2D eigenvalue weighted by Crippen LogP contribution is -2.02. The number of nitrogens with zero attached hydrogens (tertiary/aromatic N) is 1. The molecule has 0 unspecified atom stereocenters. The highest BCUT2D eigenvalue weighted by Gasteiger charge is 2.12. The molecule has 0 bridgehead atoms. The van der Waals surface area contributed by atoms with E-state index in [9.17, 15) is 14.9 Å². The molecule has 23 heavy (non-hydrogen) atoms. The van der Waals surface area contributed by atoms with Gasteiger partial charge in [-0.25, -0.2) is 0 Å². The minimum atomic E-state index is -0.502. The third-order valence-electron chi connectivity index (χ3n) is 3.06. The molecule has 0 saturated heterocycles. The SMILES string of the molecule is COc1cc([N+](=O)[O-])ccc1N/C(C)=C/C(=O)c1ccc(C)o1. The average Bonchev–Trinajstić information content (AvgIpc) is 2.94. The monoisotopic (exact) mass is 316 g/mol. The highest BCUT2D eigenvalue weighted by Crippen LogP contribution is 2.29. The molecule has 1 aromatic heterocycles. The maximum Gasteiger partial charge on any atom is 0.273 e. The number of rotatable bonds is 6. The van der Waals surface area contributed by atoms with Crippen molar-refractivity contribution in [1.82, 2.24) is 0 Å². The van der Waals surface area contributed by atoms with Gasteiger partial charge in [-0.3, -0.25) is 14.9 Å². The second-order valence-electron chi connectivity index (χ2n) is 4.87. The van der Waals surface area contributed by atoms with Gasteiger partial charge >= 0.3 is 0 Å². The Labute approximate surface area is 132 Å². The van der Waals surface area contributed by atoms with E-state index < -0.39 is 4.92 Å². The summed E-state index contributed by atoms with van der Waals surface area (Å²) in [4.78, 5) is 22.3. The lowest BCUT2D eigenvalue weighted by atomic mass is 10.2. The molecular weight excluding hydrogens is 300 g/mol. The van der Waals surface area contributed by atoms with Crippen LogP contribution in [0.5, 0.6) is 5.75 Å². The van der Waals surface area contributed by atoms with E-state index in [1.165, 1.54) is 31.4 Å². The molecule has 0 amide bonds. The molecule has 1 heterocycles. The molecule has 1 N–H and O–H groups in total. The van der Waals surface area contributed by atoms with E-state index in [0.29, 0.717) is 22.9 Å². The van der Waals surface area contributed by atoms with E-state index in [4.69, 9.17) is 9.15 Å². The number of non-ortho nitro benzene ring substituents is 1. The Morgan fingerprint density at radius 1 is 1.35 bits per heavy atom. The first-order chi connectivity index (χ1) is 10.9. The van der Waals surface area contributed by atoms with Gasteiger partial charge in [-0.2, -0.15) is 0 Å². The van der Waals surface area contributed by atoms with E-state index in [1.54, 1.807) is 26.0 Å². The van der Waals surface area contributed by atoms with Crippen molar-refractivity contribution in [2.24, 2.45) is 0 Å². The van der Waals surface area contributed by atoms with Gasteiger partial charge < -0.3 is 14.5 Å². The summed E-state index contributed by atoms with van der Waals surface area (Å²) in [6.45, 7) is 3.46. The van der Waals surface area contributed by atoms with Crippen molar-refractivity contribution in [3.8, 4) is 5.75 Å². The Bertz CT molecular complexity index is 777. The molecule has 0 radical (unpaired) electrons. The van der Waals surface area contributed by atoms with Crippen molar-refractivity contribution in [2.45, 2.75) is 13.8 Å². The number of aryl methyl sites for hydroxylation is 1. The first-order valence-corrected chi connectivity index (χ1v) is 6.79. The van der Waals surface area contributed by atoms with Crippen LogP contribution in [0.4, 0.5) is 11.4 Å². The predicted octanol–water partition coefficient (Wildman–Crippen LogP) is 3.70. The van der Waals surface area contributed by atoms with Crippen LogP contribution in [0.3, 0.4) is 0 Å². The number of ketones is 1. The topological polar surface area (TPSA) is 94.6 Å². The van der Waals surface area contributed by atoms with Crippen molar-refractivity contribution < 1.29 is 18.9 Å². The molecule has 120 valence electrons. The van der Waals surface area contributed by atoms with Crippen LogP contribution in [0.25, 0.3) is 0 Å². The molecule has 0 aliphatic carbocycles. The first-order valence-electron chi connectivity index (χ1n) is 6.79. The maximum absolute atomic E-state index is 12.0. The second-order valence-corrected chi connectivity index (χ2v) is 4.87. The quantitative estimate of drug-likeness (QED) is 0.378. The Kier molecular flexibility index (Phi) is 4.80. The van der Waals surface area contributed by atoms with E-state index in [0.717, 1.165) is 0 Å². The van der Waals surface area contributed by atoms with Crippen LogP contribution in [-0.4, -0.2) is 17.8 Å². The van der Waals surface area contributed by atoms with Gasteiger partial charge in [0.2, 0.25) is 5.78 Å². The number of carbonyl (C=O) groups is 1. The van der Waals surface area contributed by atoms with Gasteiger partial charge in [0.1, 0.15) is 11.5 Å². The zero-order valence-electron chi connectivity index (χ0n) is 13.0. The number of hydrogen-bond acceptors (Lipinski definition) is 6. The van der Waals surface area contributed by atoms with Crippen LogP contribution >= 0.6 is 0 Å². The summed E-state index contributed by atoms with van der Waals surface area (Å²) in [6, 6.07) is 7.51. The summed E-state index contributed by atoms with van der Waals surface area (Å²) < 4.78 is 10.4. The molecule has 0 fully saturated rings. The molecule has 1 aromatic carbocycles. The van der Waals surface area contributed by atoms with Crippen LogP contribution in [0, 0.1) is 17.0 Å². The third-order valence-corrected chi connectivity index (χ3v) is 3.06. The zero-order valence-corrected chi connectivity index (χ0v) is 13.0. The van der Waals surface area contributed by atoms with Crippen LogP contribution in [-0.2, 0) is 0 Å². The number of nitrogens with one attached hydrogen (secondary N) is 1. The lowest BCUT2D eigenvalue weighted by Gasteiger charge is -2.11. The Hall–Kier alpha value is -3.09. The third kappa shape index (κ3) is 3.97. The number of benzene rings is 1. The molecule has 2 aromatic rings. The smallest absolute Gasteiger partial charge is 0.273 e. The van der Waals surface area contributed by atoms with Gasteiger partial charge in [-0.1, -0.05) is 0 Å². The van der Waals surface area contributed by atoms with Crippen LogP contribution in [0.1, 0.15) is 23.2 Å². The van der Waals surface area contributed by atoms with E-state index in [2.05, 4.69) is 5.32 Å². The number of allylic oxidation sites excluding steroid dienone is 2. The Balaban J connectivity index is 2.19. The van der Waals surface area contributed by atoms with Gasteiger partial charge in [-0.15, -0.1) is 0 Å². The molecular formula is C16H16N2O5. The van der Waals surface area contributed by atoms with Gasteiger partial charge in [0.25, 0.3) is 5.69 Å². The number of furan rings is 1. The van der Waals surface area contributed by atoms with Crippen molar-refractivity contribution in [1.29, 1.82) is 0 Å². The predicted molar refractivity (Wildman–Crippen MR) is 84.8 cm³/mol. The number of nitro groups is 1.